The zero-order valence-corrected chi connectivity index (χ0v) is 14.5. The van der Waals surface area contributed by atoms with Gasteiger partial charge >= 0.3 is 0 Å². The van der Waals surface area contributed by atoms with E-state index in [-0.39, 0.29) is 15.5 Å². The summed E-state index contributed by atoms with van der Waals surface area (Å²) in [6.45, 7) is 0. The van der Waals surface area contributed by atoms with E-state index in [1.165, 1.54) is 32.3 Å². The van der Waals surface area contributed by atoms with Gasteiger partial charge in [-0.1, -0.05) is 11.6 Å². The molecule has 124 valence electrons. The monoisotopic (exact) mass is 363 g/mol. The molecule has 24 heavy (non-hydrogen) atoms. The molecule has 0 saturated heterocycles. The number of hydrogen-bond donors (Lipinski definition) is 1. The SMILES string of the molecule is CN(C)S(=O)(=O)c1cc(C(=O)Nc2ccc(C#N)cc2)ccc1Cl. The van der Waals surface area contributed by atoms with E-state index in [0.717, 1.165) is 4.31 Å². The highest BCUT2D eigenvalue weighted by Gasteiger charge is 2.22. The smallest absolute Gasteiger partial charge is 0.255 e. The number of halogens is 1. The molecule has 8 heteroatoms. The quantitative estimate of drug-likeness (QED) is 0.904. The summed E-state index contributed by atoms with van der Waals surface area (Å²) in [7, 11) is -0.992. The van der Waals surface area contributed by atoms with Crippen LogP contribution in [-0.2, 0) is 10.0 Å². The summed E-state index contributed by atoms with van der Waals surface area (Å²) in [4.78, 5) is 12.2. The summed E-state index contributed by atoms with van der Waals surface area (Å²) >= 11 is 5.95. The van der Waals surface area contributed by atoms with Crippen molar-refractivity contribution >= 4 is 33.2 Å². The molecule has 2 aromatic rings. The molecule has 0 saturated carbocycles. The number of carbonyl (C=O) groups is 1. The van der Waals surface area contributed by atoms with E-state index in [0.29, 0.717) is 11.3 Å². The van der Waals surface area contributed by atoms with Crippen molar-refractivity contribution < 1.29 is 13.2 Å². The second kappa shape index (κ2) is 7.01. The van der Waals surface area contributed by atoms with Crippen LogP contribution in [0.25, 0.3) is 0 Å². The van der Waals surface area contributed by atoms with Crippen molar-refractivity contribution in [2.75, 3.05) is 19.4 Å². The number of anilines is 1. The molecule has 2 aromatic carbocycles. The summed E-state index contributed by atoms with van der Waals surface area (Å²) in [6.07, 6.45) is 0. The zero-order chi connectivity index (χ0) is 17.9. The summed E-state index contributed by atoms with van der Waals surface area (Å²) < 4.78 is 25.5. The number of rotatable bonds is 4. The minimum Gasteiger partial charge on any atom is -0.322 e. The van der Waals surface area contributed by atoms with Crippen LogP contribution in [0.1, 0.15) is 15.9 Å². The Morgan fingerprint density at radius 3 is 2.33 bits per heavy atom. The minimum atomic E-state index is -3.76. The Kier molecular flexibility index (Phi) is 5.24. The van der Waals surface area contributed by atoms with Crippen LogP contribution in [0, 0.1) is 11.3 Å². The highest BCUT2D eigenvalue weighted by molar-refractivity contribution is 7.89. The van der Waals surface area contributed by atoms with Gasteiger partial charge in [-0.15, -0.1) is 0 Å². The number of nitrogens with one attached hydrogen (secondary N) is 1. The van der Waals surface area contributed by atoms with E-state index in [2.05, 4.69) is 5.32 Å². The molecule has 0 aromatic heterocycles. The van der Waals surface area contributed by atoms with Gasteiger partial charge in [0.2, 0.25) is 10.0 Å². The fourth-order valence-electron chi connectivity index (χ4n) is 1.87. The second-order valence-electron chi connectivity index (χ2n) is 5.08. The predicted molar refractivity (Wildman–Crippen MR) is 91.4 cm³/mol. The molecule has 0 radical (unpaired) electrons. The number of sulfonamides is 1. The van der Waals surface area contributed by atoms with E-state index in [9.17, 15) is 13.2 Å². The topological polar surface area (TPSA) is 90.3 Å². The average molecular weight is 364 g/mol. The predicted octanol–water partition coefficient (Wildman–Crippen LogP) is 2.71. The van der Waals surface area contributed by atoms with Gasteiger partial charge in [-0.05, 0) is 42.5 Å². The van der Waals surface area contributed by atoms with E-state index >= 15 is 0 Å². The van der Waals surface area contributed by atoms with Crippen molar-refractivity contribution in [1.82, 2.24) is 4.31 Å². The van der Waals surface area contributed by atoms with Gasteiger partial charge in [0.25, 0.3) is 5.91 Å². The Morgan fingerprint density at radius 1 is 1.17 bits per heavy atom. The van der Waals surface area contributed by atoms with Gasteiger partial charge in [0.1, 0.15) is 4.90 Å². The first-order valence-corrected chi connectivity index (χ1v) is 8.61. The molecular weight excluding hydrogens is 350 g/mol. The maximum Gasteiger partial charge on any atom is 0.255 e. The fraction of sp³-hybridized carbons (Fsp3) is 0.125. The highest BCUT2D eigenvalue weighted by Crippen LogP contribution is 2.25. The Hall–Kier alpha value is -2.40. The third-order valence-electron chi connectivity index (χ3n) is 3.22. The van der Waals surface area contributed by atoms with Gasteiger partial charge in [-0.25, -0.2) is 12.7 Å². The van der Waals surface area contributed by atoms with Crippen LogP contribution in [0.3, 0.4) is 0 Å². The lowest BCUT2D eigenvalue weighted by atomic mass is 10.2. The van der Waals surface area contributed by atoms with Gasteiger partial charge in [0, 0.05) is 25.3 Å². The van der Waals surface area contributed by atoms with Crippen LogP contribution in [0.4, 0.5) is 5.69 Å². The Labute approximate surface area is 145 Å². The fourth-order valence-corrected chi connectivity index (χ4v) is 3.26. The average Bonchev–Trinajstić information content (AvgIpc) is 2.55. The maximum atomic E-state index is 12.3. The van der Waals surface area contributed by atoms with Crippen LogP contribution in [0.5, 0.6) is 0 Å². The Bertz CT molecular complexity index is 917. The van der Waals surface area contributed by atoms with Crippen LogP contribution in [0.15, 0.2) is 47.4 Å². The van der Waals surface area contributed by atoms with Crippen molar-refractivity contribution in [2.45, 2.75) is 4.90 Å². The summed E-state index contributed by atoms with van der Waals surface area (Å²) in [5.74, 6) is -0.480. The van der Waals surface area contributed by atoms with E-state index in [1.54, 1.807) is 24.3 Å². The zero-order valence-electron chi connectivity index (χ0n) is 12.9. The molecule has 0 bridgehead atoms. The summed E-state index contributed by atoms with van der Waals surface area (Å²) in [6, 6.07) is 12.3. The van der Waals surface area contributed by atoms with Gasteiger partial charge in [-0.3, -0.25) is 4.79 Å². The molecular formula is C16H14ClN3O3S. The van der Waals surface area contributed by atoms with E-state index in [4.69, 9.17) is 16.9 Å². The van der Waals surface area contributed by atoms with Crippen molar-refractivity contribution in [3.63, 3.8) is 0 Å². The van der Waals surface area contributed by atoms with Gasteiger partial charge in [0.05, 0.1) is 16.7 Å². The summed E-state index contributed by atoms with van der Waals surface area (Å²) in [5, 5.41) is 11.4. The molecule has 0 fully saturated rings. The van der Waals surface area contributed by atoms with E-state index in [1.807, 2.05) is 6.07 Å². The highest BCUT2D eigenvalue weighted by atomic mass is 35.5. The maximum absolute atomic E-state index is 12.3. The van der Waals surface area contributed by atoms with E-state index < -0.39 is 15.9 Å². The Morgan fingerprint density at radius 2 is 1.79 bits per heavy atom. The number of benzene rings is 2. The Balaban J connectivity index is 2.32. The van der Waals surface area contributed by atoms with Crippen molar-refractivity contribution in [1.29, 1.82) is 5.26 Å². The molecule has 1 amide bonds. The lowest BCUT2D eigenvalue weighted by Crippen LogP contribution is -2.23. The molecule has 0 aliphatic carbocycles. The molecule has 0 unspecified atom stereocenters. The molecule has 0 atom stereocenters. The third-order valence-corrected chi connectivity index (χ3v) is 5.52. The molecule has 6 nitrogen and oxygen atoms in total. The van der Waals surface area contributed by atoms with Gasteiger partial charge in [-0.2, -0.15) is 5.26 Å². The molecule has 0 spiro atoms. The molecule has 0 aliphatic rings. The minimum absolute atomic E-state index is 0.0404. The number of hydrogen-bond acceptors (Lipinski definition) is 4. The molecule has 0 heterocycles. The van der Waals surface area contributed by atoms with Crippen LogP contribution < -0.4 is 5.32 Å². The first kappa shape index (κ1) is 17.9. The first-order valence-electron chi connectivity index (χ1n) is 6.79. The van der Waals surface area contributed by atoms with Crippen molar-refractivity contribution in [3.05, 3.63) is 58.6 Å². The van der Waals surface area contributed by atoms with Gasteiger partial charge < -0.3 is 5.32 Å². The second-order valence-corrected chi connectivity index (χ2v) is 7.60. The van der Waals surface area contributed by atoms with Crippen LogP contribution >= 0.6 is 11.6 Å². The number of nitriles is 1. The largest absolute Gasteiger partial charge is 0.322 e. The van der Waals surface area contributed by atoms with Gasteiger partial charge in [0.15, 0.2) is 0 Å². The van der Waals surface area contributed by atoms with Crippen molar-refractivity contribution in [3.8, 4) is 6.07 Å². The normalized spacial score (nSPS) is 11.1. The molecule has 0 aliphatic heterocycles. The number of carbonyl (C=O) groups excluding carboxylic acids is 1. The number of amides is 1. The van der Waals surface area contributed by atoms with Crippen molar-refractivity contribution in [2.24, 2.45) is 0 Å². The molecule has 1 N–H and O–H groups in total. The lowest BCUT2D eigenvalue weighted by molar-refractivity contribution is 0.102. The van der Waals surface area contributed by atoms with Crippen LogP contribution in [-0.4, -0.2) is 32.7 Å². The lowest BCUT2D eigenvalue weighted by Gasteiger charge is -2.14. The first-order chi connectivity index (χ1) is 11.3. The van der Waals surface area contributed by atoms with Crippen LogP contribution in [0.2, 0.25) is 5.02 Å². The third kappa shape index (κ3) is 3.74. The number of nitrogens with zero attached hydrogens (tertiary/aromatic N) is 2. The standard InChI is InChI=1S/C16H14ClN3O3S/c1-20(2)24(22,23)15-9-12(5-8-14(15)17)16(21)19-13-6-3-11(10-18)4-7-13/h3-9H,1-2H3,(H,19,21). The molecule has 2 rings (SSSR count). The summed E-state index contributed by atoms with van der Waals surface area (Å²) in [5.41, 5.74) is 1.12.